The number of rotatable bonds is 2. The van der Waals surface area contributed by atoms with E-state index < -0.39 is 0 Å². The van der Waals surface area contributed by atoms with Crippen molar-refractivity contribution in [2.24, 2.45) is 0 Å². The Morgan fingerprint density at radius 2 is 2.35 bits per heavy atom. The second-order valence-electron chi connectivity index (χ2n) is 6.66. The standard InChI is InChI=1S/C17H22ClN3OS/c1-3-15-19-9-13(21-15)12-8-17(7-10(2)20-12)16-11(4-5-22-17)6-14(18)23-16/h6,9-10,12,20H,3-5,7-8H2,1-2H3,(H,19,21)/t10-,12-,17-/m0/s1. The predicted octanol–water partition coefficient (Wildman–Crippen LogP) is 3.97. The number of nitrogens with zero attached hydrogens (tertiary/aromatic N) is 1. The number of hydrogen-bond donors (Lipinski definition) is 2. The lowest BCUT2D eigenvalue weighted by Crippen LogP contribution is -2.49. The van der Waals surface area contributed by atoms with Crippen LogP contribution in [0, 0.1) is 0 Å². The van der Waals surface area contributed by atoms with E-state index in [0.717, 1.165) is 48.1 Å². The van der Waals surface area contributed by atoms with Crippen molar-refractivity contribution in [1.82, 2.24) is 15.3 Å². The normalized spacial score (nSPS) is 30.6. The Hall–Kier alpha value is -0.880. The predicted molar refractivity (Wildman–Crippen MR) is 93.2 cm³/mol. The van der Waals surface area contributed by atoms with Crippen LogP contribution in [0.15, 0.2) is 12.3 Å². The number of imidazole rings is 1. The molecule has 0 saturated carbocycles. The van der Waals surface area contributed by atoms with Crippen LogP contribution in [0.4, 0.5) is 0 Å². The Bertz CT molecular complexity index is 713. The van der Waals surface area contributed by atoms with Gasteiger partial charge in [0.05, 0.1) is 22.7 Å². The summed E-state index contributed by atoms with van der Waals surface area (Å²) in [7, 11) is 0. The molecule has 4 nitrogen and oxygen atoms in total. The molecule has 4 heterocycles. The molecular weight excluding hydrogens is 330 g/mol. The third kappa shape index (κ3) is 2.74. The first kappa shape index (κ1) is 15.6. The number of nitrogens with one attached hydrogen (secondary N) is 2. The summed E-state index contributed by atoms with van der Waals surface area (Å²) in [5.74, 6) is 1.04. The molecule has 0 aromatic carbocycles. The molecule has 0 amide bonds. The minimum Gasteiger partial charge on any atom is -0.369 e. The summed E-state index contributed by atoms with van der Waals surface area (Å²) in [5.41, 5.74) is 2.32. The molecule has 4 rings (SSSR count). The fourth-order valence-electron chi connectivity index (χ4n) is 4.00. The Balaban J connectivity index is 1.69. The van der Waals surface area contributed by atoms with Gasteiger partial charge in [0.15, 0.2) is 0 Å². The number of aromatic nitrogens is 2. The molecule has 1 fully saturated rings. The molecule has 2 aliphatic rings. The molecule has 0 bridgehead atoms. The summed E-state index contributed by atoms with van der Waals surface area (Å²) >= 11 is 7.99. The number of aromatic amines is 1. The number of fused-ring (bicyclic) bond motifs is 2. The lowest BCUT2D eigenvalue weighted by atomic mass is 9.79. The number of aryl methyl sites for hydroxylation is 1. The molecule has 0 radical (unpaired) electrons. The van der Waals surface area contributed by atoms with E-state index in [4.69, 9.17) is 16.3 Å². The Kier molecular flexibility index (Phi) is 4.00. The van der Waals surface area contributed by atoms with Gasteiger partial charge in [0.2, 0.25) is 0 Å². The molecule has 3 atom stereocenters. The van der Waals surface area contributed by atoms with Gasteiger partial charge < -0.3 is 15.0 Å². The molecule has 2 aromatic heterocycles. The van der Waals surface area contributed by atoms with Crippen LogP contribution in [-0.4, -0.2) is 22.6 Å². The monoisotopic (exact) mass is 351 g/mol. The molecule has 2 aromatic rings. The fourth-order valence-corrected chi connectivity index (χ4v) is 5.46. The van der Waals surface area contributed by atoms with Gasteiger partial charge in [0.25, 0.3) is 0 Å². The van der Waals surface area contributed by atoms with E-state index in [1.807, 2.05) is 6.20 Å². The average molecular weight is 352 g/mol. The van der Waals surface area contributed by atoms with Crippen LogP contribution in [0.25, 0.3) is 0 Å². The summed E-state index contributed by atoms with van der Waals surface area (Å²) in [4.78, 5) is 9.25. The second-order valence-corrected chi connectivity index (χ2v) is 8.35. The van der Waals surface area contributed by atoms with E-state index in [-0.39, 0.29) is 11.6 Å². The van der Waals surface area contributed by atoms with E-state index in [1.165, 1.54) is 10.4 Å². The lowest BCUT2D eigenvalue weighted by molar-refractivity contribution is -0.0957. The molecule has 2 N–H and O–H groups in total. The third-order valence-corrected chi connectivity index (χ3v) is 6.45. The molecular formula is C17H22ClN3OS. The Morgan fingerprint density at radius 3 is 3.13 bits per heavy atom. The first-order valence-electron chi connectivity index (χ1n) is 8.32. The maximum Gasteiger partial charge on any atom is 0.106 e. The average Bonchev–Trinajstić information content (AvgIpc) is 3.13. The first-order valence-corrected chi connectivity index (χ1v) is 9.51. The van der Waals surface area contributed by atoms with Gasteiger partial charge in [0.1, 0.15) is 11.4 Å². The van der Waals surface area contributed by atoms with Crippen molar-refractivity contribution in [3.63, 3.8) is 0 Å². The highest BCUT2D eigenvalue weighted by atomic mass is 35.5. The Morgan fingerprint density at radius 1 is 1.48 bits per heavy atom. The highest BCUT2D eigenvalue weighted by Crippen LogP contribution is 2.49. The van der Waals surface area contributed by atoms with Gasteiger partial charge in [-0.1, -0.05) is 18.5 Å². The van der Waals surface area contributed by atoms with E-state index in [0.29, 0.717) is 6.04 Å². The minimum atomic E-state index is -0.210. The number of H-pyrrole nitrogens is 1. The van der Waals surface area contributed by atoms with Crippen molar-refractivity contribution in [2.75, 3.05) is 6.61 Å². The lowest BCUT2D eigenvalue weighted by Gasteiger charge is -2.45. The molecule has 124 valence electrons. The molecule has 0 aliphatic carbocycles. The van der Waals surface area contributed by atoms with Crippen LogP contribution in [0.1, 0.15) is 54.7 Å². The zero-order valence-electron chi connectivity index (χ0n) is 13.5. The molecule has 0 unspecified atom stereocenters. The van der Waals surface area contributed by atoms with E-state index in [2.05, 4.69) is 35.2 Å². The fraction of sp³-hybridized carbons (Fsp3) is 0.588. The highest BCUT2D eigenvalue weighted by Gasteiger charge is 2.46. The van der Waals surface area contributed by atoms with Crippen molar-refractivity contribution in [1.29, 1.82) is 0 Å². The van der Waals surface area contributed by atoms with Crippen molar-refractivity contribution in [3.05, 3.63) is 38.6 Å². The van der Waals surface area contributed by atoms with Crippen LogP contribution in [-0.2, 0) is 23.2 Å². The number of ether oxygens (including phenoxy) is 1. The van der Waals surface area contributed by atoms with Crippen molar-refractivity contribution >= 4 is 22.9 Å². The van der Waals surface area contributed by atoms with Gasteiger partial charge in [-0.05, 0) is 31.4 Å². The zero-order valence-corrected chi connectivity index (χ0v) is 15.1. The van der Waals surface area contributed by atoms with Crippen LogP contribution < -0.4 is 5.32 Å². The summed E-state index contributed by atoms with van der Waals surface area (Å²) in [5, 5.41) is 3.70. The van der Waals surface area contributed by atoms with E-state index >= 15 is 0 Å². The minimum absolute atomic E-state index is 0.210. The number of thiophene rings is 1. The van der Waals surface area contributed by atoms with Gasteiger partial charge in [0, 0.05) is 30.0 Å². The topological polar surface area (TPSA) is 49.9 Å². The second kappa shape index (κ2) is 5.88. The van der Waals surface area contributed by atoms with Crippen LogP contribution in [0.5, 0.6) is 0 Å². The van der Waals surface area contributed by atoms with Gasteiger partial charge in [-0.2, -0.15) is 0 Å². The molecule has 1 saturated heterocycles. The van der Waals surface area contributed by atoms with Gasteiger partial charge in [-0.15, -0.1) is 11.3 Å². The highest BCUT2D eigenvalue weighted by molar-refractivity contribution is 7.16. The SMILES string of the molecule is CCc1ncc([C@@H]2C[C@]3(C[C@H](C)N2)OCCc2cc(Cl)sc23)[nH]1. The number of hydrogen-bond acceptors (Lipinski definition) is 4. The number of piperidine rings is 1. The summed E-state index contributed by atoms with van der Waals surface area (Å²) in [6.45, 7) is 5.13. The van der Waals surface area contributed by atoms with E-state index in [9.17, 15) is 0 Å². The molecule has 1 spiro atoms. The summed E-state index contributed by atoms with van der Waals surface area (Å²) < 4.78 is 7.25. The Labute approximate surface area is 145 Å². The first-order chi connectivity index (χ1) is 11.1. The maximum absolute atomic E-state index is 6.38. The third-order valence-electron chi connectivity index (χ3n) is 4.96. The van der Waals surface area contributed by atoms with E-state index in [1.54, 1.807) is 11.3 Å². The molecule has 6 heteroatoms. The van der Waals surface area contributed by atoms with Crippen LogP contribution in [0.2, 0.25) is 4.34 Å². The maximum atomic E-state index is 6.38. The van der Waals surface area contributed by atoms with Crippen LogP contribution >= 0.6 is 22.9 Å². The van der Waals surface area contributed by atoms with Crippen molar-refractivity contribution < 1.29 is 4.74 Å². The van der Waals surface area contributed by atoms with Crippen molar-refractivity contribution in [2.45, 2.75) is 57.2 Å². The largest absolute Gasteiger partial charge is 0.369 e. The smallest absolute Gasteiger partial charge is 0.106 e. The van der Waals surface area contributed by atoms with Crippen LogP contribution in [0.3, 0.4) is 0 Å². The summed E-state index contributed by atoms with van der Waals surface area (Å²) in [6, 6.07) is 2.74. The van der Waals surface area contributed by atoms with Gasteiger partial charge >= 0.3 is 0 Å². The van der Waals surface area contributed by atoms with Gasteiger partial charge in [-0.3, -0.25) is 0 Å². The summed E-state index contributed by atoms with van der Waals surface area (Å²) in [6.07, 6.45) is 5.77. The zero-order chi connectivity index (χ0) is 16.0. The van der Waals surface area contributed by atoms with Crippen molar-refractivity contribution in [3.8, 4) is 0 Å². The molecule has 23 heavy (non-hydrogen) atoms. The molecule has 2 aliphatic heterocycles. The quantitative estimate of drug-likeness (QED) is 0.860. The van der Waals surface area contributed by atoms with Gasteiger partial charge in [-0.25, -0.2) is 4.98 Å². The number of halogens is 1.